The summed E-state index contributed by atoms with van der Waals surface area (Å²) < 4.78 is 2.70. The first-order chi connectivity index (χ1) is 13.3. The largest absolute Gasteiger partial charge is 0.357 e. The van der Waals surface area contributed by atoms with E-state index in [-0.39, 0.29) is 23.1 Å². The second kappa shape index (κ2) is 8.04. The number of nitrogens with one attached hydrogen (secondary N) is 1. The minimum Gasteiger partial charge on any atom is -0.357 e. The molecule has 1 N–H and O–H groups in total. The molecular formula is C21H28N4O3. The van der Waals surface area contributed by atoms with Crippen molar-refractivity contribution in [3.05, 3.63) is 56.2 Å². The third-order valence-corrected chi connectivity index (χ3v) is 5.30. The summed E-state index contributed by atoms with van der Waals surface area (Å²) in [5.41, 5.74) is 2.36. The summed E-state index contributed by atoms with van der Waals surface area (Å²) in [6, 6.07) is 7.48. The van der Waals surface area contributed by atoms with Crippen LogP contribution in [0.2, 0.25) is 0 Å². The molecule has 1 atom stereocenters. The van der Waals surface area contributed by atoms with E-state index in [2.05, 4.69) is 11.4 Å². The number of hydrogen-bond donors (Lipinski definition) is 1. The molecule has 0 unspecified atom stereocenters. The Bertz CT molecular complexity index is 985. The number of hydrogen-bond acceptors (Lipinski definition) is 4. The van der Waals surface area contributed by atoms with Crippen molar-refractivity contribution >= 4 is 17.4 Å². The maximum Gasteiger partial charge on any atom is 0.332 e. The SMILES string of the molecule is CCn1c(N2CCC[C@@H](C(=O)Nc3cc(C)cc(C)c3)C2)cc(=O)n(C)c1=O. The Kier molecular flexibility index (Phi) is 5.72. The average molecular weight is 384 g/mol. The Balaban J connectivity index is 1.82. The summed E-state index contributed by atoms with van der Waals surface area (Å²) in [6.07, 6.45) is 1.62. The van der Waals surface area contributed by atoms with Gasteiger partial charge in [-0.1, -0.05) is 6.07 Å². The molecule has 1 aromatic heterocycles. The van der Waals surface area contributed by atoms with Crippen LogP contribution in [0.15, 0.2) is 33.9 Å². The highest BCUT2D eigenvalue weighted by Crippen LogP contribution is 2.23. The number of amides is 1. The third-order valence-electron chi connectivity index (χ3n) is 5.30. The highest BCUT2D eigenvalue weighted by atomic mass is 16.2. The van der Waals surface area contributed by atoms with Gasteiger partial charge >= 0.3 is 5.69 Å². The lowest BCUT2D eigenvalue weighted by molar-refractivity contribution is -0.120. The number of anilines is 2. The molecule has 0 radical (unpaired) electrons. The van der Waals surface area contributed by atoms with Crippen LogP contribution in [0.25, 0.3) is 0 Å². The first-order valence-electron chi connectivity index (χ1n) is 9.75. The van der Waals surface area contributed by atoms with E-state index in [1.807, 2.05) is 37.8 Å². The molecule has 7 nitrogen and oxygen atoms in total. The minimum absolute atomic E-state index is 0.0241. The van der Waals surface area contributed by atoms with Crippen molar-refractivity contribution in [3.8, 4) is 0 Å². The fourth-order valence-corrected chi connectivity index (χ4v) is 3.91. The van der Waals surface area contributed by atoms with Crippen LogP contribution in [0.5, 0.6) is 0 Å². The molecule has 3 rings (SSSR count). The van der Waals surface area contributed by atoms with Crippen molar-refractivity contribution in [1.29, 1.82) is 0 Å². The Morgan fingerprint density at radius 2 is 1.82 bits per heavy atom. The van der Waals surface area contributed by atoms with Gasteiger partial charge < -0.3 is 10.2 Å². The number of aromatic nitrogens is 2. The number of piperidine rings is 1. The molecule has 28 heavy (non-hydrogen) atoms. The van der Waals surface area contributed by atoms with E-state index in [4.69, 9.17) is 0 Å². The summed E-state index contributed by atoms with van der Waals surface area (Å²) in [5, 5.41) is 3.03. The number of rotatable bonds is 4. The number of carbonyl (C=O) groups excluding carboxylic acids is 1. The zero-order chi connectivity index (χ0) is 20.4. The van der Waals surface area contributed by atoms with Crippen molar-refractivity contribution in [2.45, 2.75) is 40.2 Å². The highest BCUT2D eigenvalue weighted by molar-refractivity contribution is 5.93. The molecule has 1 aliphatic rings. The predicted molar refractivity (Wildman–Crippen MR) is 111 cm³/mol. The molecule has 0 spiro atoms. The van der Waals surface area contributed by atoms with Crippen LogP contribution in [0.4, 0.5) is 11.5 Å². The monoisotopic (exact) mass is 384 g/mol. The standard InChI is InChI=1S/C21H28N4O3/c1-5-25-18(12-19(26)23(4)21(25)28)24-8-6-7-16(13-24)20(27)22-17-10-14(2)9-15(3)11-17/h9-12,16H,5-8,13H2,1-4H3,(H,22,27)/t16-/m1/s1. The summed E-state index contributed by atoms with van der Waals surface area (Å²) >= 11 is 0. The Labute approximate surface area is 164 Å². The van der Waals surface area contributed by atoms with Crippen LogP contribution in [-0.4, -0.2) is 28.1 Å². The molecule has 1 fully saturated rings. The molecule has 1 aromatic carbocycles. The van der Waals surface area contributed by atoms with Crippen LogP contribution in [0, 0.1) is 19.8 Å². The topological polar surface area (TPSA) is 76.3 Å². The van der Waals surface area contributed by atoms with E-state index < -0.39 is 0 Å². The number of aryl methyl sites for hydroxylation is 2. The lowest BCUT2D eigenvalue weighted by atomic mass is 9.97. The summed E-state index contributed by atoms with van der Waals surface area (Å²) in [7, 11) is 1.48. The zero-order valence-corrected chi connectivity index (χ0v) is 17.0. The van der Waals surface area contributed by atoms with E-state index in [1.165, 1.54) is 13.1 Å². The quantitative estimate of drug-likeness (QED) is 0.875. The van der Waals surface area contributed by atoms with Crippen molar-refractivity contribution in [2.24, 2.45) is 13.0 Å². The maximum atomic E-state index is 12.8. The van der Waals surface area contributed by atoms with Gasteiger partial charge in [0.15, 0.2) is 0 Å². The van der Waals surface area contributed by atoms with E-state index in [0.29, 0.717) is 18.9 Å². The van der Waals surface area contributed by atoms with Crippen molar-refractivity contribution in [2.75, 3.05) is 23.3 Å². The summed E-state index contributed by atoms with van der Waals surface area (Å²) in [6.45, 7) is 7.57. The molecule has 1 amide bonds. The van der Waals surface area contributed by atoms with Crippen LogP contribution < -0.4 is 21.5 Å². The molecule has 0 bridgehead atoms. The summed E-state index contributed by atoms with van der Waals surface area (Å²) in [4.78, 5) is 39.4. The van der Waals surface area contributed by atoms with Gasteiger partial charge in [0.05, 0.1) is 5.92 Å². The first kappa shape index (κ1) is 19.9. The van der Waals surface area contributed by atoms with E-state index in [1.54, 1.807) is 4.57 Å². The smallest absolute Gasteiger partial charge is 0.332 e. The number of carbonyl (C=O) groups is 1. The Morgan fingerprint density at radius 1 is 1.14 bits per heavy atom. The molecule has 150 valence electrons. The van der Waals surface area contributed by atoms with E-state index in [0.717, 1.165) is 40.8 Å². The van der Waals surface area contributed by atoms with Gasteiger partial charge in [0.25, 0.3) is 5.56 Å². The van der Waals surface area contributed by atoms with Gasteiger partial charge in [-0.3, -0.25) is 18.7 Å². The average Bonchev–Trinajstić information content (AvgIpc) is 2.65. The van der Waals surface area contributed by atoms with Crippen molar-refractivity contribution < 1.29 is 4.79 Å². The third kappa shape index (κ3) is 4.03. The second-order valence-corrected chi connectivity index (χ2v) is 7.58. The molecule has 7 heteroatoms. The van der Waals surface area contributed by atoms with E-state index >= 15 is 0 Å². The van der Waals surface area contributed by atoms with Gasteiger partial charge in [0, 0.05) is 38.4 Å². The van der Waals surface area contributed by atoms with E-state index in [9.17, 15) is 14.4 Å². The number of benzene rings is 1. The van der Waals surface area contributed by atoms with Gasteiger partial charge in [0.1, 0.15) is 5.82 Å². The molecule has 2 aromatic rings. The second-order valence-electron chi connectivity index (χ2n) is 7.58. The molecule has 2 heterocycles. The van der Waals surface area contributed by atoms with Crippen LogP contribution in [-0.2, 0) is 18.4 Å². The van der Waals surface area contributed by atoms with Crippen LogP contribution in [0.1, 0.15) is 30.9 Å². The highest BCUT2D eigenvalue weighted by Gasteiger charge is 2.28. The van der Waals surface area contributed by atoms with Crippen LogP contribution >= 0.6 is 0 Å². The fraction of sp³-hybridized carbons (Fsp3) is 0.476. The Hall–Kier alpha value is -2.83. The molecule has 1 aliphatic heterocycles. The zero-order valence-electron chi connectivity index (χ0n) is 17.0. The van der Waals surface area contributed by atoms with Gasteiger partial charge in [-0.2, -0.15) is 0 Å². The summed E-state index contributed by atoms with van der Waals surface area (Å²) in [5.74, 6) is 0.377. The fourth-order valence-electron chi connectivity index (χ4n) is 3.91. The number of nitrogens with zero attached hydrogens (tertiary/aromatic N) is 3. The van der Waals surface area contributed by atoms with Gasteiger partial charge in [-0.15, -0.1) is 0 Å². The van der Waals surface area contributed by atoms with Gasteiger partial charge in [-0.05, 0) is 56.9 Å². The molecule has 1 saturated heterocycles. The lowest BCUT2D eigenvalue weighted by Gasteiger charge is -2.34. The molecule has 0 aliphatic carbocycles. The first-order valence-corrected chi connectivity index (χ1v) is 9.75. The molecular weight excluding hydrogens is 356 g/mol. The lowest BCUT2D eigenvalue weighted by Crippen LogP contribution is -2.46. The van der Waals surface area contributed by atoms with Crippen molar-refractivity contribution in [3.63, 3.8) is 0 Å². The minimum atomic E-state index is -0.327. The normalized spacial score (nSPS) is 16.9. The van der Waals surface area contributed by atoms with Crippen molar-refractivity contribution in [1.82, 2.24) is 9.13 Å². The predicted octanol–water partition coefficient (Wildman–Crippen LogP) is 2.04. The molecule has 0 saturated carbocycles. The van der Waals surface area contributed by atoms with Gasteiger partial charge in [0.2, 0.25) is 5.91 Å². The maximum absolute atomic E-state index is 12.8. The van der Waals surface area contributed by atoms with Gasteiger partial charge in [-0.25, -0.2) is 4.79 Å². The van der Waals surface area contributed by atoms with Crippen LogP contribution in [0.3, 0.4) is 0 Å². The Morgan fingerprint density at radius 3 is 2.46 bits per heavy atom.